The van der Waals surface area contributed by atoms with Crippen molar-refractivity contribution in [2.45, 2.75) is 20.0 Å². The summed E-state index contributed by atoms with van der Waals surface area (Å²) in [4.78, 5) is 49.8. The van der Waals surface area contributed by atoms with Crippen molar-refractivity contribution in [2.75, 3.05) is 13.7 Å². The molecule has 0 atom stereocenters. The molecule has 10 heteroatoms. The van der Waals surface area contributed by atoms with Gasteiger partial charge >= 0.3 is 11.9 Å². The number of rotatable bonds is 7. The highest BCUT2D eigenvalue weighted by molar-refractivity contribution is 8.18. The van der Waals surface area contributed by atoms with Crippen molar-refractivity contribution in [1.29, 1.82) is 0 Å². The Morgan fingerprint density at radius 2 is 1.85 bits per heavy atom. The van der Waals surface area contributed by atoms with Crippen molar-refractivity contribution in [3.05, 3.63) is 64.3 Å². The van der Waals surface area contributed by atoms with E-state index in [1.807, 2.05) is 0 Å². The van der Waals surface area contributed by atoms with Gasteiger partial charge in [-0.3, -0.25) is 19.3 Å². The number of carbonyl (C=O) groups excluding carboxylic acids is 4. The average molecular weight is 473 g/mol. The molecule has 1 aliphatic rings. The molecular weight excluding hydrogens is 453 g/mol. The van der Waals surface area contributed by atoms with Crippen LogP contribution in [-0.4, -0.2) is 47.7 Å². The first kappa shape index (κ1) is 24.0. The number of hydrogen-bond acceptors (Lipinski definition) is 8. The molecule has 8 nitrogen and oxygen atoms in total. The number of amides is 2. The van der Waals surface area contributed by atoms with Crippen LogP contribution in [0.25, 0.3) is 6.08 Å². The quantitative estimate of drug-likeness (QED) is 0.338. The molecule has 172 valence electrons. The molecule has 0 spiro atoms. The first-order valence-electron chi connectivity index (χ1n) is 9.79. The second-order valence-electron chi connectivity index (χ2n) is 7.09. The molecule has 0 unspecified atom stereocenters. The second-order valence-corrected chi connectivity index (χ2v) is 8.08. The summed E-state index contributed by atoms with van der Waals surface area (Å²) in [5, 5.41) is -0.589. The Labute approximate surface area is 193 Å². The molecular formula is C23H20FNO7S. The smallest absolute Gasteiger partial charge is 0.346 e. The van der Waals surface area contributed by atoms with Crippen LogP contribution >= 0.6 is 11.8 Å². The number of benzene rings is 2. The monoisotopic (exact) mass is 473 g/mol. The van der Waals surface area contributed by atoms with E-state index in [2.05, 4.69) is 0 Å². The number of hydrogen-bond donors (Lipinski definition) is 0. The fraction of sp³-hybridized carbons (Fsp3) is 0.217. The third-order valence-electron chi connectivity index (χ3n) is 4.31. The van der Waals surface area contributed by atoms with E-state index in [1.54, 1.807) is 13.8 Å². The van der Waals surface area contributed by atoms with Gasteiger partial charge in [-0.05, 0) is 61.5 Å². The maximum absolute atomic E-state index is 13.8. The Hall–Kier alpha value is -3.66. The number of esters is 2. The Morgan fingerprint density at radius 1 is 1.12 bits per heavy atom. The Bertz CT molecular complexity index is 1150. The highest BCUT2D eigenvalue weighted by atomic mass is 32.2. The number of nitrogens with zero attached hydrogens (tertiary/aromatic N) is 1. The SMILES string of the molecule is COc1cc(/C=C2\SC(=O)N(CC(=O)OC(C)C)C2=O)ccc1OC(=O)c1ccccc1F. The number of halogens is 1. The molecule has 0 bridgehead atoms. The molecule has 0 aliphatic carbocycles. The van der Waals surface area contributed by atoms with Gasteiger partial charge in [0.2, 0.25) is 0 Å². The number of imide groups is 1. The molecule has 1 heterocycles. The molecule has 1 aliphatic heterocycles. The number of ether oxygens (including phenoxy) is 3. The van der Waals surface area contributed by atoms with Crippen molar-refractivity contribution in [2.24, 2.45) is 0 Å². The van der Waals surface area contributed by atoms with Crippen molar-refractivity contribution in [1.82, 2.24) is 4.90 Å². The second kappa shape index (κ2) is 10.3. The van der Waals surface area contributed by atoms with E-state index < -0.39 is 35.4 Å². The van der Waals surface area contributed by atoms with Crippen LogP contribution in [-0.2, 0) is 14.3 Å². The zero-order valence-electron chi connectivity index (χ0n) is 18.0. The lowest BCUT2D eigenvalue weighted by Crippen LogP contribution is -2.35. The third kappa shape index (κ3) is 5.78. The van der Waals surface area contributed by atoms with Crippen molar-refractivity contribution in [3.8, 4) is 11.5 Å². The Morgan fingerprint density at radius 3 is 2.52 bits per heavy atom. The van der Waals surface area contributed by atoms with E-state index >= 15 is 0 Å². The van der Waals surface area contributed by atoms with Gasteiger partial charge in [-0.25, -0.2) is 9.18 Å². The van der Waals surface area contributed by atoms with E-state index in [0.29, 0.717) is 17.3 Å². The van der Waals surface area contributed by atoms with Crippen LogP contribution in [0.1, 0.15) is 29.8 Å². The number of carbonyl (C=O) groups is 4. The third-order valence-corrected chi connectivity index (χ3v) is 5.22. The van der Waals surface area contributed by atoms with Gasteiger partial charge < -0.3 is 14.2 Å². The lowest BCUT2D eigenvalue weighted by molar-refractivity contribution is -0.149. The summed E-state index contributed by atoms with van der Waals surface area (Å²) in [6.45, 7) is 2.85. The summed E-state index contributed by atoms with van der Waals surface area (Å²) in [5.41, 5.74) is 0.251. The summed E-state index contributed by atoms with van der Waals surface area (Å²) in [5.74, 6) is -2.71. The van der Waals surface area contributed by atoms with E-state index in [0.717, 1.165) is 11.0 Å². The maximum atomic E-state index is 13.8. The van der Waals surface area contributed by atoms with Crippen LogP contribution in [0.5, 0.6) is 11.5 Å². The van der Waals surface area contributed by atoms with Gasteiger partial charge in [-0.1, -0.05) is 18.2 Å². The average Bonchev–Trinajstić information content (AvgIpc) is 3.01. The zero-order valence-corrected chi connectivity index (χ0v) is 18.8. The van der Waals surface area contributed by atoms with Gasteiger partial charge in [0.1, 0.15) is 12.4 Å². The summed E-state index contributed by atoms with van der Waals surface area (Å²) in [7, 11) is 1.35. The minimum absolute atomic E-state index is 0.0486. The normalized spacial score (nSPS) is 14.7. The van der Waals surface area contributed by atoms with E-state index in [1.165, 1.54) is 49.6 Å². The minimum Gasteiger partial charge on any atom is -0.493 e. The first-order chi connectivity index (χ1) is 15.7. The molecule has 1 fully saturated rings. The van der Waals surface area contributed by atoms with Crippen molar-refractivity contribution >= 4 is 40.9 Å². The fourth-order valence-corrected chi connectivity index (χ4v) is 3.70. The van der Waals surface area contributed by atoms with Crippen LogP contribution in [0.15, 0.2) is 47.4 Å². The largest absolute Gasteiger partial charge is 0.493 e. The molecule has 33 heavy (non-hydrogen) atoms. The van der Waals surface area contributed by atoms with Crippen molar-refractivity contribution in [3.63, 3.8) is 0 Å². The van der Waals surface area contributed by atoms with E-state index in [-0.39, 0.29) is 28.1 Å². The van der Waals surface area contributed by atoms with Gasteiger partial charge in [0, 0.05) is 0 Å². The van der Waals surface area contributed by atoms with Crippen LogP contribution in [0, 0.1) is 5.82 Å². The van der Waals surface area contributed by atoms with E-state index in [4.69, 9.17) is 14.2 Å². The van der Waals surface area contributed by atoms with E-state index in [9.17, 15) is 23.6 Å². The molecule has 0 radical (unpaired) electrons. The van der Waals surface area contributed by atoms with Gasteiger partial charge in [0.05, 0.1) is 23.7 Å². The molecule has 2 amide bonds. The molecule has 0 aromatic heterocycles. The summed E-state index contributed by atoms with van der Waals surface area (Å²) < 4.78 is 29.3. The Balaban J connectivity index is 1.77. The fourth-order valence-electron chi connectivity index (χ4n) is 2.86. The maximum Gasteiger partial charge on any atom is 0.346 e. The molecule has 0 N–H and O–H groups in total. The summed E-state index contributed by atoms with van der Waals surface area (Å²) in [6, 6.07) is 9.86. The molecule has 1 saturated heterocycles. The molecule has 2 aromatic rings. The molecule has 3 rings (SSSR count). The highest BCUT2D eigenvalue weighted by Gasteiger charge is 2.36. The molecule has 0 saturated carbocycles. The standard InChI is InChI=1S/C23H20FNO7S/c1-13(2)31-20(26)12-25-21(27)19(33-23(25)29)11-14-8-9-17(18(10-14)30-3)32-22(28)15-6-4-5-7-16(15)24/h4-11,13H,12H2,1-3H3/b19-11-. The van der Waals surface area contributed by atoms with Crippen molar-refractivity contribution < 1.29 is 37.8 Å². The predicted octanol–water partition coefficient (Wildman–Crippen LogP) is 4.04. The number of thioether (sulfide) groups is 1. The highest BCUT2D eigenvalue weighted by Crippen LogP contribution is 2.34. The summed E-state index contributed by atoms with van der Waals surface area (Å²) in [6.07, 6.45) is 1.08. The van der Waals surface area contributed by atoms with Gasteiger partial charge in [-0.15, -0.1) is 0 Å². The minimum atomic E-state index is -0.895. The molecule has 2 aromatic carbocycles. The van der Waals surface area contributed by atoms with Crippen LogP contribution in [0.2, 0.25) is 0 Å². The van der Waals surface area contributed by atoms with Gasteiger partial charge in [0.15, 0.2) is 11.5 Å². The number of methoxy groups -OCH3 is 1. The van der Waals surface area contributed by atoms with Gasteiger partial charge in [-0.2, -0.15) is 0 Å². The zero-order chi connectivity index (χ0) is 24.1. The topological polar surface area (TPSA) is 99.2 Å². The van der Waals surface area contributed by atoms with Crippen LogP contribution in [0.3, 0.4) is 0 Å². The van der Waals surface area contributed by atoms with Crippen LogP contribution in [0.4, 0.5) is 9.18 Å². The lowest BCUT2D eigenvalue weighted by Gasteiger charge is -2.13. The Kier molecular flexibility index (Phi) is 7.49. The lowest BCUT2D eigenvalue weighted by atomic mass is 10.1. The first-order valence-corrected chi connectivity index (χ1v) is 10.6. The van der Waals surface area contributed by atoms with Gasteiger partial charge in [0.25, 0.3) is 11.1 Å². The summed E-state index contributed by atoms with van der Waals surface area (Å²) >= 11 is 0.688. The predicted molar refractivity (Wildman–Crippen MR) is 118 cm³/mol. The van der Waals surface area contributed by atoms with Crippen LogP contribution < -0.4 is 9.47 Å².